The Morgan fingerprint density at radius 1 is 1.44 bits per heavy atom. The summed E-state index contributed by atoms with van der Waals surface area (Å²) < 4.78 is 27.2. The van der Waals surface area contributed by atoms with Crippen molar-refractivity contribution in [3.63, 3.8) is 0 Å². The molecule has 1 aromatic rings. The molecule has 0 atom stereocenters. The highest BCUT2D eigenvalue weighted by atomic mass is 79.9. The maximum absolute atomic E-state index is 11.3. The second kappa shape index (κ2) is 4.91. The van der Waals surface area contributed by atoms with Crippen LogP contribution < -0.4 is 0 Å². The van der Waals surface area contributed by atoms with Gasteiger partial charge in [-0.25, -0.2) is 13.2 Å². The molecule has 0 aliphatic carbocycles. The van der Waals surface area contributed by atoms with Crippen molar-refractivity contribution in [2.45, 2.75) is 4.90 Å². The Balaban J connectivity index is 3.56. The van der Waals surface area contributed by atoms with Crippen LogP contribution in [0, 0.1) is 0 Å². The third-order valence-corrected chi connectivity index (χ3v) is 4.00. The number of hydrogen-bond acceptors (Lipinski definition) is 4. The molecule has 0 bridgehead atoms. The maximum atomic E-state index is 11.3. The largest absolute Gasteiger partial charge is 0.465 e. The fraction of sp³-hybridized carbons (Fsp3) is 0.125. The van der Waals surface area contributed by atoms with Crippen LogP contribution in [-0.4, -0.2) is 21.5 Å². The molecule has 1 rings (SSSR count). The number of halogens is 3. The molecule has 0 radical (unpaired) electrons. The lowest BCUT2D eigenvalue weighted by atomic mass is 10.2. The Bertz CT molecular complexity index is 541. The third kappa shape index (κ3) is 2.88. The van der Waals surface area contributed by atoms with E-state index in [1.54, 1.807) is 0 Å². The van der Waals surface area contributed by atoms with E-state index in [0.717, 1.165) is 7.11 Å². The van der Waals surface area contributed by atoms with Crippen molar-refractivity contribution in [2.24, 2.45) is 0 Å². The molecular formula is C8H5BrCl2O4S. The number of carbonyl (C=O) groups is 1. The van der Waals surface area contributed by atoms with E-state index in [4.69, 9.17) is 22.3 Å². The molecule has 8 heteroatoms. The monoisotopic (exact) mass is 346 g/mol. The predicted octanol–water partition coefficient (Wildman–Crippen LogP) is 2.82. The van der Waals surface area contributed by atoms with Gasteiger partial charge in [-0.2, -0.15) is 0 Å². The number of rotatable bonds is 2. The fourth-order valence-electron chi connectivity index (χ4n) is 1.00. The zero-order valence-electron chi connectivity index (χ0n) is 7.83. The van der Waals surface area contributed by atoms with E-state index in [1.165, 1.54) is 12.1 Å². The maximum Gasteiger partial charge on any atom is 0.339 e. The second-order valence-corrected chi connectivity index (χ2v) is 6.52. The van der Waals surface area contributed by atoms with Crippen molar-refractivity contribution in [3.05, 3.63) is 27.2 Å². The summed E-state index contributed by atoms with van der Waals surface area (Å²) in [5, 5.41) is -0.259. The van der Waals surface area contributed by atoms with Crippen LogP contribution in [0.5, 0.6) is 0 Å². The molecule has 0 heterocycles. The van der Waals surface area contributed by atoms with Crippen molar-refractivity contribution in [1.82, 2.24) is 0 Å². The van der Waals surface area contributed by atoms with E-state index in [-0.39, 0.29) is 15.5 Å². The van der Waals surface area contributed by atoms with Crippen LogP contribution in [0.3, 0.4) is 0 Å². The molecule has 0 aromatic heterocycles. The number of esters is 1. The van der Waals surface area contributed by atoms with E-state index in [9.17, 15) is 13.2 Å². The predicted molar refractivity (Wildman–Crippen MR) is 63.5 cm³/mol. The van der Waals surface area contributed by atoms with Crippen molar-refractivity contribution in [1.29, 1.82) is 0 Å². The minimum absolute atomic E-state index is 0.0715. The minimum atomic E-state index is -4.02. The van der Waals surface area contributed by atoms with Crippen LogP contribution in [0.15, 0.2) is 21.5 Å². The number of hydrogen-bond donors (Lipinski definition) is 0. The lowest BCUT2D eigenvalue weighted by Crippen LogP contribution is -2.05. The lowest BCUT2D eigenvalue weighted by Gasteiger charge is -2.06. The Morgan fingerprint density at radius 3 is 2.44 bits per heavy atom. The summed E-state index contributed by atoms with van der Waals surface area (Å²) in [6.45, 7) is 0. The zero-order chi connectivity index (χ0) is 12.5. The molecule has 4 nitrogen and oxygen atoms in total. The average molecular weight is 348 g/mol. The Morgan fingerprint density at radius 2 is 2.00 bits per heavy atom. The van der Waals surface area contributed by atoms with Crippen LogP contribution in [-0.2, 0) is 13.8 Å². The van der Waals surface area contributed by atoms with Crippen LogP contribution >= 0.6 is 38.2 Å². The first-order valence-electron chi connectivity index (χ1n) is 3.79. The molecule has 88 valence electrons. The molecule has 0 aliphatic heterocycles. The normalized spacial score (nSPS) is 11.2. The van der Waals surface area contributed by atoms with E-state index in [2.05, 4.69) is 20.7 Å². The SMILES string of the molecule is COC(=O)c1cc(Br)cc(S(=O)(=O)Cl)c1Cl. The summed E-state index contributed by atoms with van der Waals surface area (Å²) >= 11 is 8.80. The number of benzene rings is 1. The average Bonchev–Trinajstić information content (AvgIpc) is 2.18. The van der Waals surface area contributed by atoms with Gasteiger partial charge in [0.15, 0.2) is 0 Å². The Labute approximate surface area is 110 Å². The first-order chi connectivity index (χ1) is 7.27. The molecule has 0 fully saturated rings. The van der Waals surface area contributed by atoms with Gasteiger partial charge in [-0.3, -0.25) is 0 Å². The zero-order valence-corrected chi connectivity index (χ0v) is 11.7. The third-order valence-electron chi connectivity index (χ3n) is 1.67. The molecule has 0 unspecified atom stereocenters. The standard InChI is InChI=1S/C8H5BrCl2O4S/c1-15-8(12)5-2-4(9)3-6(7(5)10)16(11,13)14/h2-3H,1H3. The van der Waals surface area contributed by atoms with Crippen LogP contribution in [0.1, 0.15) is 10.4 Å². The number of methoxy groups -OCH3 is 1. The molecule has 0 saturated heterocycles. The van der Waals surface area contributed by atoms with Gasteiger partial charge in [0.2, 0.25) is 0 Å². The highest BCUT2D eigenvalue weighted by molar-refractivity contribution is 9.10. The first-order valence-corrected chi connectivity index (χ1v) is 7.27. The molecular weight excluding hydrogens is 343 g/mol. The number of ether oxygens (including phenoxy) is 1. The van der Waals surface area contributed by atoms with Gasteiger partial charge in [0.25, 0.3) is 9.05 Å². The molecule has 0 saturated carbocycles. The molecule has 0 N–H and O–H groups in total. The van der Waals surface area contributed by atoms with Gasteiger partial charge < -0.3 is 4.74 Å². The van der Waals surface area contributed by atoms with Crippen LogP contribution in [0.2, 0.25) is 5.02 Å². The minimum Gasteiger partial charge on any atom is -0.465 e. The molecule has 1 aromatic carbocycles. The molecule has 16 heavy (non-hydrogen) atoms. The van der Waals surface area contributed by atoms with Crippen molar-refractivity contribution in [3.8, 4) is 0 Å². The summed E-state index contributed by atoms with van der Waals surface area (Å²) in [5.74, 6) is -0.743. The Kier molecular flexibility index (Phi) is 4.23. The smallest absolute Gasteiger partial charge is 0.339 e. The van der Waals surface area contributed by atoms with Gasteiger partial charge in [-0.1, -0.05) is 27.5 Å². The van der Waals surface area contributed by atoms with Gasteiger partial charge in [0, 0.05) is 15.2 Å². The fourth-order valence-corrected chi connectivity index (χ4v) is 3.18. The molecule has 0 spiro atoms. The number of carbonyl (C=O) groups excluding carboxylic acids is 1. The highest BCUT2D eigenvalue weighted by Crippen LogP contribution is 2.31. The van der Waals surface area contributed by atoms with Crippen LogP contribution in [0.4, 0.5) is 0 Å². The topological polar surface area (TPSA) is 60.4 Å². The summed E-state index contributed by atoms with van der Waals surface area (Å²) in [7, 11) is 2.31. The van der Waals surface area contributed by atoms with Gasteiger partial charge in [-0.15, -0.1) is 0 Å². The van der Waals surface area contributed by atoms with Crippen molar-refractivity contribution in [2.75, 3.05) is 7.11 Å². The van der Waals surface area contributed by atoms with E-state index < -0.39 is 15.0 Å². The van der Waals surface area contributed by atoms with Gasteiger partial charge >= 0.3 is 5.97 Å². The van der Waals surface area contributed by atoms with Crippen molar-refractivity contribution < 1.29 is 17.9 Å². The van der Waals surface area contributed by atoms with E-state index in [0.29, 0.717) is 4.47 Å². The van der Waals surface area contributed by atoms with Crippen molar-refractivity contribution >= 4 is 53.2 Å². The highest BCUT2D eigenvalue weighted by Gasteiger charge is 2.22. The summed E-state index contributed by atoms with van der Waals surface area (Å²) in [4.78, 5) is 11.0. The molecule has 0 aliphatic rings. The van der Waals surface area contributed by atoms with E-state index in [1.807, 2.05) is 0 Å². The summed E-state index contributed by atoms with van der Waals surface area (Å²) in [5.41, 5.74) is -0.0715. The van der Waals surface area contributed by atoms with Gasteiger partial charge in [0.05, 0.1) is 17.7 Å². The summed E-state index contributed by atoms with van der Waals surface area (Å²) in [6.07, 6.45) is 0. The second-order valence-electron chi connectivity index (χ2n) is 2.69. The lowest BCUT2D eigenvalue weighted by molar-refractivity contribution is 0.0600. The van der Waals surface area contributed by atoms with E-state index >= 15 is 0 Å². The quantitative estimate of drug-likeness (QED) is 0.609. The first kappa shape index (κ1) is 13.8. The summed E-state index contributed by atoms with van der Waals surface area (Å²) in [6, 6.07) is 2.55. The molecule has 0 amide bonds. The van der Waals surface area contributed by atoms with Gasteiger partial charge in [-0.05, 0) is 12.1 Å². The van der Waals surface area contributed by atoms with Gasteiger partial charge in [0.1, 0.15) is 4.90 Å². The van der Waals surface area contributed by atoms with Crippen LogP contribution in [0.25, 0.3) is 0 Å². The Hall–Kier alpha value is -0.300.